The van der Waals surface area contributed by atoms with Crippen molar-refractivity contribution in [1.29, 1.82) is 0 Å². The summed E-state index contributed by atoms with van der Waals surface area (Å²) in [6.07, 6.45) is 2.66. The number of likely N-dealkylation sites (N-methyl/N-ethyl adjacent to an activating group) is 1. The van der Waals surface area contributed by atoms with Crippen molar-refractivity contribution in [2.24, 2.45) is 0 Å². The fourth-order valence-electron chi connectivity index (χ4n) is 4.53. The number of piperidine rings is 1. The Balaban J connectivity index is 1.53. The van der Waals surface area contributed by atoms with Gasteiger partial charge in [0, 0.05) is 44.5 Å². The number of rotatable bonds is 5. The molecule has 1 aromatic heterocycles. The van der Waals surface area contributed by atoms with E-state index >= 15 is 0 Å². The number of hydrogen-bond acceptors (Lipinski definition) is 5. The highest BCUT2D eigenvalue weighted by atomic mass is 16.2. The third-order valence-electron chi connectivity index (χ3n) is 6.26. The standard InChI is InChI=1S/C24H29N5O3/c1-17(2)26-21(30)19-9-12-25-20(15-19)28-13-10-24(11-14-28)22(31)27(3)23(32)29(24)16-18-7-5-4-6-8-18/h4-9,12,15,17H,10-11,13-14,16H2,1-3H3,(H,26,30). The Labute approximate surface area is 188 Å². The lowest BCUT2D eigenvalue weighted by Crippen LogP contribution is -2.56. The van der Waals surface area contributed by atoms with E-state index in [4.69, 9.17) is 0 Å². The number of imide groups is 1. The number of hydrogen-bond donors (Lipinski definition) is 1. The maximum Gasteiger partial charge on any atom is 0.327 e. The molecular formula is C24H29N5O3. The molecular weight excluding hydrogens is 406 g/mol. The van der Waals surface area contributed by atoms with Gasteiger partial charge in [0.1, 0.15) is 11.4 Å². The van der Waals surface area contributed by atoms with Crippen molar-refractivity contribution in [2.45, 2.75) is 44.8 Å². The highest BCUT2D eigenvalue weighted by molar-refractivity contribution is 6.07. The zero-order valence-electron chi connectivity index (χ0n) is 18.7. The zero-order valence-corrected chi connectivity index (χ0v) is 18.7. The van der Waals surface area contributed by atoms with E-state index in [0.717, 1.165) is 5.56 Å². The molecule has 0 atom stereocenters. The number of aromatic nitrogens is 1. The van der Waals surface area contributed by atoms with Gasteiger partial charge in [-0.25, -0.2) is 9.78 Å². The van der Waals surface area contributed by atoms with Crippen LogP contribution in [0.15, 0.2) is 48.7 Å². The van der Waals surface area contributed by atoms with Gasteiger partial charge in [-0.05, 0) is 44.4 Å². The highest BCUT2D eigenvalue weighted by Crippen LogP contribution is 2.38. The topological polar surface area (TPSA) is 85.9 Å². The Morgan fingerprint density at radius 1 is 1.12 bits per heavy atom. The van der Waals surface area contributed by atoms with Crippen LogP contribution in [0, 0.1) is 0 Å². The second-order valence-electron chi connectivity index (χ2n) is 8.77. The van der Waals surface area contributed by atoms with Crippen LogP contribution in [0.25, 0.3) is 0 Å². The van der Waals surface area contributed by atoms with Crippen molar-refractivity contribution >= 4 is 23.7 Å². The minimum absolute atomic E-state index is 0.0486. The van der Waals surface area contributed by atoms with Crippen LogP contribution >= 0.6 is 0 Å². The molecule has 2 saturated heterocycles. The normalized spacial score (nSPS) is 18.1. The molecule has 2 aliphatic rings. The Bertz CT molecular complexity index is 1020. The molecule has 1 spiro atoms. The maximum absolute atomic E-state index is 13.2. The number of urea groups is 1. The second kappa shape index (κ2) is 8.61. The highest BCUT2D eigenvalue weighted by Gasteiger charge is 2.56. The van der Waals surface area contributed by atoms with Crippen LogP contribution < -0.4 is 10.2 Å². The fourth-order valence-corrected chi connectivity index (χ4v) is 4.53. The smallest absolute Gasteiger partial charge is 0.327 e. The van der Waals surface area contributed by atoms with Crippen molar-refractivity contribution in [2.75, 3.05) is 25.0 Å². The summed E-state index contributed by atoms with van der Waals surface area (Å²) in [4.78, 5) is 47.9. The summed E-state index contributed by atoms with van der Waals surface area (Å²) in [6.45, 7) is 5.38. The van der Waals surface area contributed by atoms with Crippen LogP contribution in [0.1, 0.15) is 42.6 Å². The number of pyridine rings is 1. The first kappa shape index (κ1) is 21.8. The first-order chi connectivity index (χ1) is 15.3. The number of benzene rings is 1. The Hall–Kier alpha value is -3.42. The number of carbonyl (C=O) groups excluding carboxylic acids is 3. The lowest BCUT2D eigenvalue weighted by atomic mass is 9.85. The molecule has 168 valence electrons. The first-order valence-corrected chi connectivity index (χ1v) is 11.0. The van der Waals surface area contributed by atoms with Crippen LogP contribution in [-0.2, 0) is 11.3 Å². The molecule has 0 unspecified atom stereocenters. The van der Waals surface area contributed by atoms with E-state index in [1.54, 1.807) is 30.3 Å². The van der Waals surface area contributed by atoms with Gasteiger partial charge in [0.15, 0.2) is 0 Å². The molecule has 4 rings (SSSR count). The molecule has 32 heavy (non-hydrogen) atoms. The van der Waals surface area contributed by atoms with Crippen LogP contribution in [0.2, 0.25) is 0 Å². The zero-order chi connectivity index (χ0) is 22.9. The average Bonchev–Trinajstić information content (AvgIpc) is 2.96. The first-order valence-electron chi connectivity index (χ1n) is 11.0. The molecule has 2 aromatic rings. The monoisotopic (exact) mass is 435 g/mol. The maximum atomic E-state index is 13.2. The van der Waals surface area contributed by atoms with Gasteiger partial charge < -0.3 is 15.1 Å². The van der Waals surface area contributed by atoms with Gasteiger partial charge in [-0.15, -0.1) is 0 Å². The van der Waals surface area contributed by atoms with Crippen LogP contribution in [0.3, 0.4) is 0 Å². The van der Waals surface area contributed by atoms with Crippen molar-refractivity contribution < 1.29 is 14.4 Å². The lowest BCUT2D eigenvalue weighted by Gasteiger charge is -2.42. The molecule has 4 amide bonds. The number of amides is 4. The van der Waals surface area contributed by atoms with Gasteiger partial charge >= 0.3 is 6.03 Å². The van der Waals surface area contributed by atoms with Crippen LogP contribution in [0.5, 0.6) is 0 Å². The predicted molar refractivity (Wildman–Crippen MR) is 121 cm³/mol. The van der Waals surface area contributed by atoms with E-state index in [-0.39, 0.29) is 23.9 Å². The largest absolute Gasteiger partial charge is 0.356 e. The molecule has 3 heterocycles. The lowest BCUT2D eigenvalue weighted by molar-refractivity contribution is -0.133. The van der Waals surface area contributed by atoms with Crippen LogP contribution in [-0.4, -0.2) is 64.3 Å². The third-order valence-corrected chi connectivity index (χ3v) is 6.26. The quantitative estimate of drug-likeness (QED) is 0.730. The van der Waals surface area contributed by atoms with E-state index < -0.39 is 5.54 Å². The molecule has 0 saturated carbocycles. The van der Waals surface area contributed by atoms with E-state index in [1.165, 1.54) is 4.90 Å². The summed E-state index contributed by atoms with van der Waals surface area (Å²) in [5, 5.41) is 2.89. The number of carbonyl (C=O) groups is 3. The van der Waals surface area contributed by atoms with Crippen LogP contribution in [0.4, 0.5) is 10.6 Å². The molecule has 2 aliphatic heterocycles. The Kier molecular flexibility index (Phi) is 5.86. The number of nitrogens with zero attached hydrogens (tertiary/aromatic N) is 4. The fraction of sp³-hybridized carbons (Fsp3) is 0.417. The molecule has 0 radical (unpaired) electrons. The van der Waals surface area contributed by atoms with E-state index in [1.807, 2.05) is 44.2 Å². The van der Waals surface area contributed by atoms with Crippen molar-refractivity contribution in [3.8, 4) is 0 Å². The molecule has 8 nitrogen and oxygen atoms in total. The SMILES string of the molecule is CC(C)NC(=O)c1ccnc(N2CCC3(CC2)C(=O)N(C)C(=O)N3Cc2ccccc2)c1. The summed E-state index contributed by atoms with van der Waals surface area (Å²) in [6, 6.07) is 13.0. The van der Waals surface area contributed by atoms with Crippen molar-refractivity contribution in [3.63, 3.8) is 0 Å². The Morgan fingerprint density at radius 3 is 2.47 bits per heavy atom. The summed E-state index contributed by atoms with van der Waals surface area (Å²) in [5.74, 6) is 0.427. The van der Waals surface area contributed by atoms with E-state index in [2.05, 4.69) is 15.2 Å². The molecule has 0 bridgehead atoms. The van der Waals surface area contributed by atoms with Crippen molar-refractivity contribution in [3.05, 3.63) is 59.8 Å². The molecule has 2 fully saturated rings. The molecule has 8 heteroatoms. The van der Waals surface area contributed by atoms with Crippen molar-refractivity contribution in [1.82, 2.24) is 20.1 Å². The third kappa shape index (κ3) is 3.92. The van der Waals surface area contributed by atoms with E-state index in [0.29, 0.717) is 43.9 Å². The minimum Gasteiger partial charge on any atom is -0.356 e. The predicted octanol–water partition coefficient (Wildman–Crippen LogP) is 2.65. The van der Waals surface area contributed by atoms with Gasteiger partial charge in [0.2, 0.25) is 0 Å². The van der Waals surface area contributed by atoms with Gasteiger partial charge in [-0.3, -0.25) is 14.5 Å². The van der Waals surface area contributed by atoms with Gasteiger partial charge in [-0.2, -0.15) is 0 Å². The molecule has 1 aromatic carbocycles. The summed E-state index contributed by atoms with van der Waals surface area (Å²) in [5.41, 5.74) is 0.711. The average molecular weight is 436 g/mol. The van der Waals surface area contributed by atoms with Gasteiger partial charge in [0.05, 0.1) is 0 Å². The Morgan fingerprint density at radius 2 is 1.81 bits per heavy atom. The van der Waals surface area contributed by atoms with Gasteiger partial charge in [-0.1, -0.05) is 30.3 Å². The summed E-state index contributed by atoms with van der Waals surface area (Å²) >= 11 is 0. The number of nitrogens with one attached hydrogen (secondary N) is 1. The van der Waals surface area contributed by atoms with E-state index in [9.17, 15) is 14.4 Å². The second-order valence-corrected chi connectivity index (χ2v) is 8.77. The van der Waals surface area contributed by atoms with Gasteiger partial charge in [0.25, 0.3) is 11.8 Å². The molecule has 1 N–H and O–H groups in total. The minimum atomic E-state index is -0.842. The summed E-state index contributed by atoms with van der Waals surface area (Å²) in [7, 11) is 1.56. The summed E-state index contributed by atoms with van der Waals surface area (Å²) < 4.78 is 0. The number of anilines is 1. The molecule has 0 aliphatic carbocycles.